The fourth-order valence-corrected chi connectivity index (χ4v) is 1.60. The van der Waals surface area contributed by atoms with Crippen molar-refractivity contribution < 1.29 is 14.6 Å². The molecule has 1 rings (SSSR count). The van der Waals surface area contributed by atoms with Gasteiger partial charge in [0.1, 0.15) is 0 Å². The fraction of sp³-hybridized carbons (Fsp3) is 0.667. The summed E-state index contributed by atoms with van der Waals surface area (Å²) in [6.07, 6.45) is 5.36. The first kappa shape index (κ1) is 9.26. The molecule has 0 aromatic carbocycles. The number of carbonyl (C=O) groups is 1. The van der Waals surface area contributed by atoms with Crippen molar-refractivity contribution in [2.75, 3.05) is 7.11 Å². The third kappa shape index (κ3) is 2.34. The van der Waals surface area contributed by atoms with Gasteiger partial charge in [-0.1, -0.05) is 6.42 Å². The third-order valence-corrected chi connectivity index (χ3v) is 2.19. The number of methoxy groups -OCH3 is 1. The molecule has 0 amide bonds. The Morgan fingerprint density at radius 3 is 3.00 bits per heavy atom. The van der Waals surface area contributed by atoms with Crippen molar-refractivity contribution in [3.8, 4) is 0 Å². The van der Waals surface area contributed by atoms with E-state index in [1.807, 2.05) is 0 Å². The molecule has 1 aliphatic rings. The van der Waals surface area contributed by atoms with Gasteiger partial charge in [0, 0.05) is 13.2 Å². The third-order valence-electron chi connectivity index (χ3n) is 2.19. The minimum Gasteiger partial charge on any atom is -0.478 e. The van der Waals surface area contributed by atoms with Crippen LogP contribution in [0.4, 0.5) is 0 Å². The zero-order valence-corrected chi connectivity index (χ0v) is 7.25. The van der Waals surface area contributed by atoms with E-state index in [-0.39, 0.29) is 6.10 Å². The molecule has 1 saturated carbocycles. The SMILES string of the molecule is COC1CCCCC1=CC(=O)O. The lowest BCUT2D eigenvalue weighted by molar-refractivity contribution is -0.131. The standard InChI is InChI=1S/C9H14O3/c1-12-8-5-3-2-4-7(8)6-9(10)11/h6,8H,2-5H2,1H3,(H,10,11). The van der Waals surface area contributed by atoms with Gasteiger partial charge in [0.05, 0.1) is 6.10 Å². The summed E-state index contributed by atoms with van der Waals surface area (Å²) in [7, 11) is 1.63. The van der Waals surface area contributed by atoms with Gasteiger partial charge in [-0.25, -0.2) is 4.79 Å². The maximum atomic E-state index is 10.4. The largest absolute Gasteiger partial charge is 0.478 e. The first-order valence-electron chi connectivity index (χ1n) is 4.20. The zero-order valence-electron chi connectivity index (χ0n) is 7.25. The van der Waals surface area contributed by atoms with E-state index in [0.717, 1.165) is 31.3 Å². The molecule has 68 valence electrons. The van der Waals surface area contributed by atoms with Gasteiger partial charge in [0.25, 0.3) is 0 Å². The van der Waals surface area contributed by atoms with Gasteiger partial charge in [-0.05, 0) is 24.8 Å². The van der Waals surface area contributed by atoms with Gasteiger partial charge in [0.2, 0.25) is 0 Å². The molecule has 12 heavy (non-hydrogen) atoms. The Kier molecular flexibility index (Phi) is 3.29. The van der Waals surface area contributed by atoms with Crippen LogP contribution in [0.2, 0.25) is 0 Å². The van der Waals surface area contributed by atoms with E-state index in [1.54, 1.807) is 7.11 Å². The predicted molar refractivity (Wildman–Crippen MR) is 45.0 cm³/mol. The molecule has 0 bridgehead atoms. The molecule has 0 saturated heterocycles. The Morgan fingerprint density at radius 2 is 2.42 bits per heavy atom. The van der Waals surface area contributed by atoms with Crippen molar-refractivity contribution in [2.24, 2.45) is 0 Å². The summed E-state index contributed by atoms with van der Waals surface area (Å²) in [4.78, 5) is 10.4. The lowest BCUT2D eigenvalue weighted by Crippen LogP contribution is -2.18. The number of hydrogen-bond donors (Lipinski definition) is 1. The Labute approximate surface area is 72.0 Å². The number of ether oxygens (including phenoxy) is 1. The van der Waals surface area contributed by atoms with Gasteiger partial charge in [0.15, 0.2) is 0 Å². The fourth-order valence-electron chi connectivity index (χ4n) is 1.60. The zero-order chi connectivity index (χ0) is 8.97. The molecule has 3 nitrogen and oxygen atoms in total. The number of carboxylic acid groups (broad SMARTS) is 1. The summed E-state index contributed by atoms with van der Waals surface area (Å²) >= 11 is 0. The molecule has 0 aromatic rings. The first-order chi connectivity index (χ1) is 5.74. The van der Waals surface area contributed by atoms with Crippen molar-refractivity contribution in [3.63, 3.8) is 0 Å². The monoisotopic (exact) mass is 170 g/mol. The Hall–Kier alpha value is -0.830. The van der Waals surface area contributed by atoms with Crippen molar-refractivity contribution >= 4 is 5.97 Å². The summed E-state index contributed by atoms with van der Waals surface area (Å²) in [5.74, 6) is -0.867. The van der Waals surface area contributed by atoms with Gasteiger partial charge < -0.3 is 9.84 Å². The Bertz CT molecular complexity index is 196. The average molecular weight is 170 g/mol. The topological polar surface area (TPSA) is 46.5 Å². The van der Waals surface area contributed by atoms with Crippen LogP contribution in [-0.4, -0.2) is 24.3 Å². The Morgan fingerprint density at radius 1 is 1.67 bits per heavy atom. The number of rotatable bonds is 2. The smallest absolute Gasteiger partial charge is 0.328 e. The van der Waals surface area contributed by atoms with E-state index >= 15 is 0 Å². The van der Waals surface area contributed by atoms with Gasteiger partial charge in [-0.3, -0.25) is 0 Å². The average Bonchev–Trinajstić information content (AvgIpc) is 2.04. The lowest BCUT2D eigenvalue weighted by atomic mass is 9.92. The summed E-state index contributed by atoms with van der Waals surface area (Å²) < 4.78 is 5.17. The molecular weight excluding hydrogens is 156 g/mol. The second kappa shape index (κ2) is 4.26. The molecule has 0 radical (unpaired) electrons. The van der Waals surface area contributed by atoms with Gasteiger partial charge in [-0.2, -0.15) is 0 Å². The van der Waals surface area contributed by atoms with E-state index in [4.69, 9.17) is 9.84 Å². The molecule has 1 aliphatic carbocycles. The number of carboxylic acids is 1. The molecule has 1 unspecified atom stereocenters. The second-order valence-electron chi connectivity index (χ2n) is 3.03. The molecule has 1 N–H and O–H groups in total. The van der Waals surface area contributed by atoms with Crippen LogP contribution in [-0.2, 0) is 9.53 Å². The summed E-state index contributed by atoms with van der Waals surface area (Å²) in [6, 6.07) is 0. The van der Waals surface area contributed by atoms with E-state index < -0.39 is 5.97 Å². The van der Waals surface area contributed by atoms with E-state index in [0.29, 0.717) is 0 Å². The Balaban J connectivity index is 2.64. The number of hydrogen-bond acceptors (Lipinski definition) is 2. The van der Waals surface area contributed by atoms with Crippen LogP contribution in [0, 0.1) is 0 Å². The van der Waals surface area contributed by atoms with Crippen LogP contribution >= 0.6 is 0 Å². The van der Waals surface area contributed by atoms with Crippen LogP contribution in [0.3, 0.4) is 0 Å². The molecule has 3 heteroatoms. The van der Waals surface area contributed by atoms with E-state index in [2.05, 4.69) is 0 Å². The molecule has 0 aromatic heterocycles. The van der Waals surface area contributed by atoms with Gasteiger partial charge in [-0.15, -0.1) is 0 Å². The highest BCUT2D eigenvalue weighted by Crippen LogP contribution is 2.25. The van der Waals surface area contributed by atoms with Crippen molar-refractivity contribution in [1.82, 2.24) is 0 Å². The minimum absolute atomic E-state index is 0.0369. The van der Waals surface area contributed by atoms with Crippen molar-refractivity contribution in [1.29, 1.82) is 0 Å². The predicted octanol–water partition coefficient (Wildman–Crippen LogP) is 1.59. The maximum Gasteiger partial charge on any atom is 0.328 e. The summed E-state index contributed by atoms with van der Waals surface area (Å²) in [5.41, 5.74) is 0.927. The van der Waals surface area contributed by atoms with Crippen LogP contribution in [0.25, 0.3) is 0 Å². The lowest BCUT2D eigenvalue weighted by Gasteiger charge is -2.23. The van der Waals surface area contributed by atoms with Crippen LogP contribution in [0.1, 0.15) is 25.7 Å². The van der Waals surface area contributed by atoms with Gasteiger partial charge >= 0.3 is 5.97 Å². The highest BCUT2D eigenvalue weighted by atomic mass is 16.5. The van der Waals surface area contributed by atoms with Crippen LogP contribution < -0.4 is 0 Å². The summed E-state index contributed by atoms with van der Waals surface area (Å²) in [5, 5.41) is 8.55. The van der Waals surface area contributed by atoms with Crippen LogP contribution in [0.5, 0.6) is 0 Å². The van der Waals surface area contributed by atoms with E-state index in [1.165, 1.54) is 6.08 Å². The van der Waals surface area contributed by atoms with Crippen molar-refractivity contribution in [2.45, 2.75) is 31.8 Å². The molecule has 1 fully saturated rings. The molecule has 1 atom stereocenters. The first-order valence-corrected chi connectivity index (χ1v) is 4.20. The molecule has 0 spiro atoms. The second-order valence-corrected chi connectivity index (χ2v) is 3.03. The maximum absolute atomic E-state index is 10.4. The highest BCUT2D eigenvalue weighted by molar-refractivity contribution is 5.80. The highest BCUT2D eigenvalue weighted by Gasteiger charge is 2.18. The van der Waals surface area contributed by atoms with Crippen molar-refractivity contribution in [3.05, 3.63) is 11.6 Å². The summed E-state index contributed by atoms with van der Waals surface area (Å²) in [6.45, 7) is 0. The quantitative estimate of drug-likeness (QED) is 0.640. The molecule has 0 aliphatic heterocycles. The number of aliphatic carboxylic acids is 1. The molecule has 0 heterocycles. The van der Waals surface area contributed by atoms with Crippen LogP contribution in [0.15, 0.2) is 11.6 Å². The normalized spacial score (nSPS) is 27.4. The minimum atomic E-state index is -0.867. The molecular formula is C9H14O3. The van der Waals surface area contributed by atoms with E-state index in [9.17, 15) is 4.79 Å².